The van der Waals surface area contributed by atoms with Gasteiger partial charge in [0.25, 0.3) is 0 Å². The van der Waals surface area contributed by atoms with Crippen LogP contribution in [-0.4, -0.2) is 11.1 Å². The zero-order chi connectivity index (χ0) is 8.27. The van der Waals surface area contributed by atoms with Crippen molar-refractivity contribution in [2.24, 2.45) is 0 Å². The van der Waals surface area contributed by atoms with Crippen LogP contribution in [-0.2, 0) is 0 Å². The molecule has 0 radical (unpaired) electrons. The van der Waals surface area contributed by atoms with Crippen molar-refractivity contribution >= 4 is 38.7 Å². The zero-order valence-electron chi connectivity index (χ0n) is 6.71. The van der Waals surface area contributed by atoms with Gasteiger partial charge in [0, 0.05) is 5.56 Å². The molecule has 3 heteroatoms. The minimum Gasteiger partial charge on any atom is -0.293 e. The molecule has 1 rings (SSSR count). The van der Waals surface area contributed by atoms with Gasteiger partial charge in [-0.05, 0) is 13.0 Å². The predicted octanol–water partition coefficient (Wildman–Crippen LogP) is 3.15. The minimum atomic E-state index is 0. The van der Waals surface area contributed by atoms with Crippen LogP contribution in [0.1, 0.15) is 15.9 Å². The lowest BCUT2D eigenvalue weighted by Gasteiger charge is -1.96. The summed E-state index contributed by atoms with van der Waals surface area (Å²) in [5.74, 6) is 0.133. The maximum atomic E-state index is 11.1. The van der Waals surface area contributed by atoms with Gasteiger partial charge in [0.2, 0.25) is 0 Å². The van der Waals surface area contributed by atoms with E-state index in [1.807, 2.05) is 31.2 Å². The number of benzene rings is 1. The molecule has 0 amide bonds. The van der Waals surface area contributed by atoms with E-state index in [0.717, 1.165) is 11.1 Å². The Morgan fingerprint density at radius 2 is 2.17 bits per heavy atom. The van der Waals surface area contributed by atoms with Gasteiger partial charge in [-0.2, -0.15) is 0 Å². The number of Topliss-reactive ketones (excluding diaryl/α,β-unsaturated/α-hetero) is 1. The Morgan fingerprint density at radius 1 is 1.50 bits per heavy atom. The molecule has 1 aromatic carbocycles. The number of hydrogen-bond acceptors (Lipinski definition) is 1. The molecule has 0 N–H and O–H groups in total. The zero-order valence-corrected chi connectivity index (χ0v) is 10.0. The fourth-order valence-electron chi connectivity index (χ4n) is 0.896. The van der Waals surface area contributed by atoms with Crippen molar-refractivity contribution in [3.8, 4) is 0 Å². The summed E-state index contributed by atoms with van der Waals surface area (Å²) < 4.78 is 0. The molecule has 66 valence electrons. The van der Waals surface area contributed by atoms with Crippen LogP contribution in [0.25, 0.3) is 0 Å². The fourth-order valence-corrected chi connectivity index (χ4v) is 1.22. The molecule has 0 aromatic heterocycles. The maximum Gasteiger partial charge on any atom is 0.173 e. The second-order valence-corrected chi connectivity index (χ2v) is 2.99. The second-order valence-electron chi connectivity index (χ2n) is 2.43. The molecule has 1 aromatic rings. The van der Waals surface area contributed by atoms with E-state index in [-0.39, 0.29) is 22.8 Å². The third-order valence-electron chi connectivity index (χ3n) is 1.46. The van der Waals surface area contributed by atoms with E-state index in [9.17, 15) is 4.79 Å². The van der Waals surface area contributed by atoms with Crippen LogP contribution in [0.2, 0.25) is 0 Å². The molecule has 12 heavy (non-hydrogen) atoms. The third-order valence-corrected chi connectivity index (χ3v) is 1.97. The molecule has 0 heterocycles. The van der Waals surface area contributed by atoms with Crippen molar-refractivity contribution in [1.82, 2.24) is 0 Å². The summed E-state index contributed by atoms with van der Waals surface area (Å²) in [6.07, 6.45) is 0. The van der Waals surface area contributed by atoms with Crippen LogP contribution in [0.15, 0.2) is 24.3 Å². The number of rotatable bonds is 2. The molecule has 0 aliphatic rings. The third kappa shape index (κ3) is 3.07. The Kier molecular flexibility index (Phi) is 5.42. The summed E-state index contributed by atoms with van der Waals surface area (Å²) in [5.41, 5.74) is 1.90. The predicted molar refractivity (Wildman–Crippen MR) is 59.6 cm³/mol. The highest BCUT2D eigenvalue weighted by atomic mass is 79.9. The van der Waals surface area contributed by atoms with E-state index in [2.05, 4.69) is 15.9 Å². The first-order valence-corrected chi connectivity index (χ1v) is 4.52. The number of aryl methyl sites for hydroxylation is 1. The van der Waals surface area contributed by atoms with Crippen LogP contribution in [0, 0.1) is 6.92 Å². The Labute approximate surface area is 91.1 Å². The Balaban J connectivity index is 0.00000121. The first-order chi connectivity index (χ1) is 5.24. The van der Waals surface area contributed by atoms with E-state index in [0.29, 0.717) is 5.33 Å². The quantitative estimate of drug-likeness (QED) is 0.605. The van der Waals surface area contributed by atoms with Crippen LogP contribution < -0.4 is 0 Å². The lowest BCUT2D eigenvalue weighted by molar-refractivity contribution is 0.102. The number of alkyl halides is 1. The highest BCUT2D eigenvalue weighted by Gasteiger charge is 2.01. The van der Waals surface area contributed by atoms with Gasteiger partial charge >= 0.3 is 0 Å². The van der Waals surface area contributed by atoms with Crippen LogP contribution in [0.4, 0.5) is 0 Å². The van der Waals surface area contributed by atoms with Gasteiger partial charge < -0.3 is 0 Å². The lowest BCUT2D eigenvalue weighted by Crippen LogP contribution is -1.99. The normalized spacial score (nSPS) is 8.83. The van der Waals surface area contributed by atoms with E-state index >= 15 is 0 Å². The van der Waals surface area contributed by atoms with Gasteiger partial charge in [-0.15, -0.1) is 17.0 Å². The van der Waals surface area contributed by atoms with Gasteiger partial charge in [-0.1, -0.05) is 39.7 Å². The maximum absolute atomic E-state index is 11.1. The lowest BCUT2D eigenvalue weighted by atomic mass is 10.1. The van der Waals surface area contributed by atoms with Gasteiger partial charge in [-0.3, -0.25) is 4.79 Å². The fraction of sp³-hybridized carbons (Fsp3) is 0.222. The molecule has 1 nitrogen and oxygen atoms in total. The minimum absolute atomic E-state index is 0. The molecule has 0 aliphatic carbocycles. The van der Waals surface area contributed by atoms with Gasteiger partial charge in [0.05, 0.1) is 5.33 Å². The highest BCUT2D eigenvalue weighted by Crippen LogP contribution is 2.05. The molecule has 0 bridgehead atoms. The van der Waals surface area contributed by atoms with Crippen molar-refractivity contribution in [2.45, 2.75) is 6.92 Å². The molecular weight excluding hydrogens is 284 g/mol. The number of hydrogen-bond donors (Lipinski definition) is 0. The van der Waals surface area contributed by atoms with Crippen LogP contribution in [0.5, 0.6) is 0 Å². The first-order valence-electron chi connectivity index (χ1n) is 3.40. The van der Waals surface area contributed by atoms with Crippen molar-refractivity contribution in [3.05, 3.63) is 35.4 Å². The van der Waals surface area contributed by atoms with E-state index < -0.39 is 0 Å². The van der Waals surface area contributed by atoms with Gasteiger partial charge in [0.15, 0.2) is 5.78 Å². The number of carbonyl (C=O) groups excluding carboxylic acids is 1. The average Bonchev–Trinajstić information content (AvgIpc) is 2.03. The second kappa shape index (κ2) is 5.49. The van der Waals surface area contributed by atoms with Crippen LogP contribution >= 0.6 is 32.9 Å². The SMILES string of the molecule is Br.Cc1cccc(C(=O)CBr)c1. The molecule has 0 unspecified atom stereocenters. The van der Waals surface area contributed by atoms with Crippen molar-refractivity contribution in [3.63, 3.8) is 0 Å². The van der Waals surface area contributed by atoms with E-state index in [4.69, 9.17) is 0 Å². The largest absolute Gasteiger partial charge is 0.293 e. The van der Waals surface area contributed by atoms with Crippen molar-refractivity contribution in [2.75, 3.05) is 5.33 Å². The first kappa shape index (κ1) is 11.8. The number of halogens is 2. The Bertz CT molecular complexity index is 271. The Morgan fingerprint density at radius 3 is 2.67 bits per heavy atom. The van der Waals surface area contributed by atoms with Gasteiger partial charge in [0.1, 0.15) is 0 Å². The Hall–Kier alpha value is -0.150. The van der Waals surface area contributed by atoms with Crippen molar-refractivity contribution in [1.29, 1.82) is 0 Å². The molecule has 0 atom stereocenters. The molecular formula is C9H10Br2O. The molecule has 0 aliphatic heterocycles. The summed E-state index contributed by atoms with van der Waals surface area (Å²) in [6, 6.07) is 7.59. The summed E-state index contributed by atoms with van der Waals surface area (Å²) in [6.45, 7) is 1.98. The summed E-state index contributed by atoms with van der Waals surface area (Å²) >= 11 is 3.13. The molecule has 0 saturated carbocycles. The molecule has 0 spiro atoms. The van der Waals surface area contributed by atoms with Crippen LogP contribution in [0.3, 0.4) is 0 Å². The standard InChI is InChI=1S/C9H9BrO.BrH/c1-7-3-2-4-8(5-7)9(11)6-10;/h2-5H,6H2,1H3;1H. The van der Waals surface area contributed by atoms with Gasteiger partial charge in [-0.25, -0.2) is 0 Å². The molecule has 0 fully saturated rings. The van der Waals surface area contributed by atoms with E-state index in [1.165, 1.54) is 0 Å². The van der Waals surface area contributed by atoms with Crippen molar-refractivity contribution < 1.29 is 4.79 Å². The topological polar surface area (TPSA) is 17.1 Å². The summed E-state index contributed by atoms with van der Waals surface area (Å²) in [5, 5.41) is 0.399. The summed E-state index contributed by atoms with van der Waals surface area (Å²) in [4.78, 5) is 11.1. The van der Waals surface area contributed by atoms with E-state index in [1.54, 1.807) is 0 Å². The average molecular weight is 294 g/mol. The number of ketones is 1. The summed E-state index contributed by atoms with van der Waals surface area (Å²) in [7, 11) is 0. The monoisotopic (exact) mass is 292 g/mol. The smallest absolute Gasteiger partial charge is 0.173 e. The number of carbonyl (C=O) groups is 1. The molecule has 0 saturated heterocycles. The highest BCUT2D eigenvalue weighted by molar-refractivity contribution is 9.09.